The summed E-state index contributed by atoms with van der Waals surface area (Å²) >= 11 is 6.92. The molecule has 7 aromatic rings. The summed E-state index contributed by atoms with van der Waals surface area (Å²) in [5, 5.41) is 0.684. The molecule has 0 aromatic heterocycles. The first-order valence-corrected chi connectivity index (χ1v) is 21.3. The van der Waals surface area contributed by atoms with E-state index < -0.39 is 0 Å². The summed E-state index contributed by atoms with van der Waals surface area (Å²) in [4.78, 5) is 2.14. The van der Waals surface area contributed by atoms with Gasteiger partial charge in [0.15, 0.2) is 0 Å². The average Bonchev–Trinajstić information content (AvgIpc) is 3.30. The van der Waals surface area contributed by atoms with Crippen LogP contribution in [0.2, 0.25) is 5.02 Å². The van der Waals surface area contributed by atoms with Gasteiger partial charge in [-0.15, -0.1) is 0 Å². The minimum absolute atomic E-state index is 0.684. The van der Waals surface area contributed by atoms with E-state index in [1.54, 1.807) is 28.4 Å². The fourth-order valence-electron chi connectivity index (χ4n) is 8.35. The van der Waals surface area contributed by atoms with E-state index in [2.05, 4.69) is 123 Å². The molecule has 7 rings (SSSR count). The monoisotopic (exact) mass is 828 g/mol. The Morgan fingerprint density at radius 2 is 1.05 bits per heavy atom. The molecule has 311 valence electrons. The molecule has 0 saturated heterocycles. The maximum atomic E-state index is 6.92. The minimum atomic E-state index is 0.684. The lowest BCUT2D eigenvalue weighted by Gasteiger charge is -2.26. The highest BCUT2D eigenvalue weighted by molar-refractivity contribution is 6.33. The van der Waals surface area contributed by atoms with Crippen molar-refractivity contribution in [2.24, 2.45) is 0 Å². The molecule has 5 nitrogen and oxygen atoms in total. The van der Waals surface area contributed by atoms with Gasteiger partial charge in [-0.25, -0.2) is 0 Å². The Hall–Kier alpha value is -6.17. The van der Waals surface area contributed by atoms with E-state index in [9.17, 15) is 0 Å². The number of nitrogens with zero attached hydrogens (tertiary/aromatic N) is 1. The molecule has 0 aliphatic carbocycles. The highest BCUT2D eigenvalue weighted by Gasteiger charge is 2.25. The molecular formula is C55H55ClNO4. The summed E-state index contributed by atoms with van der Waals surface area (Å²) < 4.78 is 23.1. The summed E-state index contributed by atoms with van der Waals surface area (Å²) in [6.45, 7) is 2.29. The van der Waals surface area contributed by atoms with Crippen LogP contribution in [0.15, 0.2) is 133 Å². The third-order valence-electron chi connectivity index (χ3n) is 11.7. The first-order valence-electron chi connectivity index (χ1n) is 21.0. The first-order chi connectivity index (χ1) is 29.7. The summed E-state index contributed by atoms with van der Waals surface area (Å²) in [7, 11) is 11.1. The number of methoxy groups -OCH3 is 4. The Kier molecular flexibility index (Phi) is 14.0. The number of ether oxygens (including phenoxy) is 4. The quantitative estimate of drug-likeness (QED) is 0.0914. The van der Waals surface area contributed by atoms with Gasteiger partial charge in [0.25, 0.3) is 0 Å². The highest BCUT2D eigenvalue weighted by atomic mass is 35.5. The van der Waals surface area contributed by atoms with Gasteiger partial charge in [0.1, 0.15) is 23.0 Å². The third kappa shape index (κ3) is 9.74. The molecule has 0 heterocycles. The van der Waals surface area contributed by atoms with Crippen molar-refractivity contribution in [2.75, 3.05) is 47.4 Å². The van der Waals surface area contributed by atoms with Crippen LogP contribution >= 0.6 is 11.6 Å². The molecule has 0 bridgehead atoms. The standard InChI is InChI=1S/C55H55ClNO4/c1-8-46-52(35-39-18-30-45(60-6)31-19-39)51(40-22-24-42(25-23-40)57(2)3)36-41(21-13-37-14-26-43(58-4)27-15-37)54(46)48-33-34-49(47-11-9-10-12-53(47)56)55(61-7)50(48)32-20-38-16-28-44(59-5)29-17-38/h9-12,14-19,22-31,33-34H,8,13,20-21,32,35H2,1-7H3. The molecule has 61 heavy (non-hydrogen) atoms. The van der Waals surface area contributed by atoms with Crippen molar-refractivity contribution < 1.29 is 18.9 Å². The van der Waals surface area contributed by atoms with Crippen LogP contribution in [0.25, 0.3) is 33.4 Å². The first kappa shape index (κ1) is 42.9. The number of anilines is 1. The van der Waals surface area contributed by atoms with Crippen LogP contribution in [-0.4, -0.2) is 42.5 Å². The summed E-state index contributed by atoms with van der Waals surface area (Å²) in [6, 6.07) is 50.8. The number of benzene rings is 7. The van der Waals surface area contributed by atoms with E-state index in [1.165, 1.54) is 38.9 Å². The lowest BCUT2D eigenvalue weighted by atomic mass is 9.79. The molecule has 0 N–H and O–H groups in total. The molecule has 0 amide bonds. The zero-order chi connectivity index (χ0) is 42.9. The second-order valence-corrected chi connectivity index (χ2v) is 15.9. The predicted molar refractivity (Wildman–Crippen MR) is 253 cm³/mol. The van der Waals surface area contributed by atoms with Crippen molar-refractivity contribution in [3.63, 3.8) is 0 Å². The number of halogens is 1. The van der Waals surface area contributed by atoms with Gasteiger partial charge < -0.3 is 23.8 Å². The second-order valence-electron chi connectivity index (χ2n) is 15.5. The molecular weight excluding hydrogens is 774 g/mol. The maximum absolute atomic E-state index is 6.92. The Bertz CT molecular complexity index is 2540. The van der Waals surface area contributed by atoms with Gasteiger partial charge in [-0.3, -0.25) is 0 Å². The third-order valence-corrected chi connectivity index (χ3v) is 12.0. The molecule has 0 aliphatic rings. The van der Waals surface area contributed by atoms with E-state index in [-0.39, 0.29) is 0 Å². The van der Waals surface area contributed by atoms with Gasteiger partial charge in [0, 0.05) is 41.5 Å². The fourth-order valence-corrected chi connectivity index (χ4v) is 8.59. The van der Waals surface area contributed by atoms with E-state index in [1.807, 2.05) is 42.5 Å². The normalized spacial score (nSPS) is 11.0. The highest BCUT2D eigenvalue weighted by Crippen LogP contribution is 2.46. The van der Waals surface area contributed by atoms with Gasteiger partial charge in [0.05, 0.1) is 28.4 Å². The number of rotatable bonds is 17. The number of aryl methyl sites for hydroxylation is 3. The zero-order valence-corrected chi connectivity index (χ0v) is 37.2. The van der Waals surface area contributed by atoms with Gasteiger partial charge >= 0.3 is 0 Å². The molecule has 6 heteroatoms. The van der Waals surface area contributed by atoms with Crippen LogP contribution in [0.1, 0.15) is 45.9 Å². The topological polar surface area (TPSA) is 40.2 Å². The van der Waals surface area contributed by atoms with Crippen LogP contribution in [0.3, 0.4) is 0 Å². The Morgan fingerprint density at radius 1 is 0.508 bits per heavy atom. The van der Waals surface area contributed by atoms with Gasteiger partial charge in [-0.2, -0.15) is 0 Å². The Labute approximate surface area is 367 Å². The molecule has 0 spiro atoms. The smallest absolute Gasteiger partial charge is 0.130 e. The Balaban J connectivity index is 1.50. The molecule has 1 radical (unpaired) electrons. The van der Waals surface area contributed by atoms with Gasteiger partial charge in [-0.1, -0.05) is 91.3 Å². The van der Waals surface area contributed by atoms with E-state index in [0.29, 0.717) is 5.02 Å². The van der Waals surface area contributed by atoms with E-state index in [0.717, 1.165) is 101 Å². The SMILES string of the molecule is CCc1c(Cc2ccc(OC)cc2)c(-c2ccc(N(C)C)cc2)[c]c(CCc2ccc(OC)cc2)c1-c1ccc(-c2ccccc2Cl)c(OC)c1CCc1ccc(OC)cc1. The Morgan fingerprint density at radius 3 is 1.57 bits per heavy atom. The van der Waals surface area contributed by atoms with E-state index >= 15 is 0 Å². The lowest BCUT2D eigenvalue weighted by Crippen LogP contribution is -2.10. The van der Waals surface area contributed by atoms with Crippen LogP contribution in [0.4, 0.5) is 5.69 Å². The molecule has 7 aromatic carbocycles. The molecule has 0 saturated carbocycles. The van der Waals surface area contributed by atoms with Crippen LogP contribution in [0.5, 0.6) is 23.0 Å². The number of hydrogen-bond donors (Lipinski definition) is 0. The van der Waals surface area contributed by atoms with Crippen LogP contribution in [0, 0.1) is 6.07 Å². The van der Waals surface area contributed by atoms with Crippen molar-refractivity contribution in [1.29, 1.82) is 0 Å². The lowest BCUT2D eigenvalue weighted by molar-refractivity contribution is 0.411. The second kappa shape index (κ2) is 19.9. The molecule has 0 aliphatic heterocycles. The van der Waals surface area contributed by atoms with Crippen LogP contribution in [-0.2, 0) is 38.5 Å². The van der Waals surface area contributed by atoms with E-state index in [4.69, 9.17) is 30.5 Å². The summed E-state index contributed by atoms with van der Waals surface area (Å²) in [5.41, 5.74) is 16.3. The van der Waals surface area contributed by atoms with Crippen molar-refractivity contribution in [3.8, 4) is 56.4 Å². The summed E-state index contributed by atoms with van der Waals surface area (Å²) in [6.07, 6.45) is 4.72. The van der Waals surface area contributed by atoms with Gasteiger partial charge in [0.2, 0.25) is 0 Å². The van der Waals surface area contributed by atoms with Crippen molar-refractivity contribution in [3.05, 3.63) is 183 Å². The fraction of sp³-hybridized carbons (Fsp3) is 0.236. The van der Waals surface area contributed by atoms with Crippen molar-refractivity contribution >= 4 is 17.3 Å². The average molecular weight is 830 g/mol. The molecule has 0 fully saturated rings. The zero-order valence-electron chi connectivity index (χ0n) is 36.4. The number of hydrogen-bond acceptors (Lipinski definition) is 5. The molecule has 0 atom stereocenters. The minimum Gasteiger partial charge on any atom is -0.497 e. The van der Waals surface area contributed by atoms with Gasteiger partial charge in [-0.05, 0) is 161 Å². The predicted octanol–water partition coefficient (Wildman–Crippen LogP) is 13.0. The summed E-state index contributed by atoms with van der Waals surface area (Å²) in [5.74, 6) is 3.37. The van der Waals surface area contributed by atoms with Crippen molar-refractivity contribution in [1.82, 2.24) is 0 Å². The maximum Gasteiger partial charge on any atom is 0.130 e. The largest absolute Gasteiger partial charge is 0.497 e. The van der Waals surface area contributed by atoms with Crippen LogP contribution < -0.4 is 23.8 Å². The molecule has 0 unspecified atom stereocenters. The van der Waals surface area contributed by atoms with Crippen molar-refractivity contribution in [2.45, 2.75) is 45.4 Å².